The van der Waals surface area contributed by atoms with Crippen molar-refractivity contribution in [2.75, 3.05) is 17.2 Å². The third-order valence-corrected chi connectivity index (χ3v) is 5.07. The summed E-state index contributed by atoms with van der Waals surface area (Å²) in [6, 6.07) is 2.83. The van der Waals surface area contributed by atoms with Crippen LogP contribution in [0.3, 0.4) is 0 Å². The third kappa shape index (κ3) is 5.10. The SMILES string of the molecule is Cc1ncnc(C)c1NC(=O)c1ccc(Nc2snc(O)c2C(=N)NC(C)CO)nc1. The van der Waals surface area contributed by atoms with E-state index in [-0.39, 0.29) is 35.8 Å². The van der Waals surface area contributed by atoms with Gasteiger partial charge in [0.25, 0.3) is 5.91 Å². The Hall–Kier alpha value is -3.64. The summed E-state index contributed by atoms with van der Waals surface area (Å²) < 4.78 is 3.86. The van der Waals surface area contributed by atoms with Crippen molar-refractivity contribution in [1.82, 2.24) is 24.6 Å². The van der Waals surface area contributed by atoms with E-state index < -0.39 is 0 Å². The number of carbonyl (C=O) groups excluding carboxylic acids is 1. The lowest BCUT2D eigenvalue weighted by atomic mass is 10.2. The van der Waals surface area contributed by atoms with Gasteiger partial charge in [0.05, 0.1) is 29.2 Å². The number of aliphatic hydroxyl groups excluding tert-OH is 1. The van der Waals surface area contributed by atoms with Gasteiger partial charge in [-0.3, -0.25) is 10.2 Å². The highest BCUT2D eigenvalue weighted by molar-refractivity contribution is 7.11. The number of aliphatic hydroxyl groups is 1. The highest BCUT2D eigenvalue weighted by Gasteiger charge is 2.20. The summed E-state index contributed by atoms with van der Waals surface area (Å²) in [7, 11) is 0. The quantitative estimate of drug-likeness (QED) is 0.236. The molecule has 0 fully saturated rings. The predicted octanol–water partition coefficient (Wildman–Crippen LogP) is 1.94. The van der Waals surface area contributed by atoms with E-state index in [1.54, 1.807) is 32.9 Å². The maximum absolute atomic E-state index is 12.5. The van der Waals surface area contributed by atoms with Crippen molar-refractivity contribution in [3.63, 3.8) is 0 Å². The maximum atomic E-state index is 12.5. The molecule has 11 nitrogen and oxygen atoms in total. The van der Waals surface area contributed by atoms with Gasteiger partial charge < -0.3 is 26.2 Å². The molecule has 0 spiro atoms. The van der Waals surface area contributed by atoms with Crippen LogP contribution >= 0.6 is 11.5 Å². The number of hydrogen-bond acceptors (Lipinski definition) is 10. The lowest BCUT2D eigenvalue weighted by Crippen LogP contribution is -2.35. The molecular formula is C19H22N8O3S. The van der Waals surface area contributed by atoms with Crippen LogP contribution in [0.25, 0.3) is 0 Å². The average molecular weight is 443 g/mol. The number of nitrogens with one attached hydrogen (secondary N) is 4. The van der Waals surface area contributed by atoms with Crippen LogP contribution in [-0.2, 0) is 0 Å². The van der Waals surface area contributed by atoms with Gasteiger partial charge in [-0.1, -0.05) is 0 Å². The van der Waals surface area contributed by atoms with Crippen molar-refractivity contribution >= 4 is 39.8 Å². The molecule has 3 aromatic heterocycles. The van der Waals surface area contributed by atoms with Crippen molar-refractivity contribution in [1.29, 1.82) is 5.41 Å². The highest BCUT2D eigenvalue weighted by atomic mass is 32.1. The van der Waals surface area contributed by atoms with E-state index in [1.165, 1.54) is 12.5 Å². The minimum Gasteiger partial charge on any atom is -0.492 e. The Labute approximate surface area is 182 Å². The van der Waals surface area contributed by atoms with Gasteiger partial charge in [-0.25, -0.2) is 15.0 Å². The highest BCUT2D eigenvalue weighted by Crippen LogP contribution is 2.31. The molecule has 0 aliphatic carbocycles. The maximum Gasteiger partial charge on any atom is 0.257 e. The summed E-state index contributed by atoms with van der Waals surface area (Å²) in [5, 5.41) is 36.2. The second kappa shape index (κ2) is 9.45. The molecule has 0 bridgehead atoms. The fraction of sp³-hybridized carbons (Fsp3) is 0.263. The van der Waals surface area contributed by atoms with Crippen LogP contribution in [0.15, 0.2) is 24.7 Å². The molecule has 1 unspecified atom stereocenters. The Morgan fingerprint density at radius 2 is 1.94 bits per heavy atom. The van der Waals surface area contributed by atoms with Crippen LogP contribution in [0.5, 0.6) is 5.88 Å². The van der Waals surface area contributed by atoms with Crippen LogP contribution in [-0.4, -0.2) is 53.9 Å². The van der Waals surface area contributed by atoms with E-state index in [1.807, 2.05) is 0 Å². The number of amides is 1. The topological polar surface area (TPSA) is 169 Å². The first-order valence-corrected chi connectivity index (χ1v) is 10.0. The van der Waals surface area contributed by atoms with E-state index in [0.717, 1.165) is 11.5 Å². The first-order valence-electron chi connectivity index (χ1n) is 9.27. The second-order valence-corrected chi connectivity index (χ2v) is 7.52. The number of aryl methyl sites for hydroxylation is 2. The summed E-state index contributed by atoms with van der Waals surface area (Å²) >= 11 is 0.962. The molecule has 1 amide bonds. The van der Waals surface area contributed by atoms with Gasteiger partial charge in [-0.15, -0.1) is 0 Å². The number of anilines is 3. The van der Waals surface area contributed by atoms with E-state index >= 15 is 0 Å². The van der Waals surface area contributed by atoms with E-state index in [0.29, 0.717) is 33.5 Å². The van der Waals surface area contributed by atoms with Crippen LogP contribution < -0.4 is 16.0 Å². The molecule has 3 heterocycles. The number of pyridine rings is 1. The van der Waals surface area contributed by atoms with Crippen molar-refractivity contribution < 1.29 is 15.0 Å². The average Bonchev–Trinajstić information content (AvgIpc) is 3.11. The molecule has 31 heavy (non-hydrogen) atoms. The Kier molecular flexibility index (Phi) is 6.72. The zero-order chi connectivity index (χ0) is 22.5. The molecule has 3 aromatic rings. The number of hydrogen-bond donors (Lipinski definition) is 6. The predicted molar refractivity (Wildman–Crippen MR) is 117 cm³/mol. The van der Waals surface area contributed by atoms with Crippen molar-refractivity contribution in [2.24, 2.45) is 0 Å². The summed E-state index contributed by atoms with van der Waals surface area (Å²) in [4.78, 5) is 24.9. The van der Waals surface area contributed by atoms with Crippen molar-refractivity contribution in [2.45, 2.75) is 26.8 Å². The first-order chi connectivity index (χ1) is 14.8. The number of amidine groups is 1. The Balaban J connectivity index is 1.73. The van der Waals surface area contributed by atoms with Crippen LogP contribution in [0, 0.1) is 19.3 Å². The molecule has 1 atom stereocenters. The minimum absolute atomic E-state index is 0.0814. The fourth-order valence-electron chi connectivity index (χ4n) is 2.63. The van der Waals surface area contributed by atoms with Gasteiger partial charge in [-0.2, -0.15) is 4.37 Å². The molecule has 0 aliphatic heterocycles. The van der Waals surface area contributed by atoms with Crippen LogP contribution in [0.4, 0.5) is 16.5 Å². The number of aromatic hydroxyl groups is 1. The Morgan fingerprint density at radius 1 is 1.23 bits per heavy atom. The monoisotopic (exact) mass is 442 g/mol. The lowest BCUT2D eigenvalue weighted by Gasteiger charge is -2.14. The van der Waals surface area contributed by atoms with Gasteiger partial charge in [-0.05, 0) is 44.4 Å². The standard InChI is InChI=1S/C19H22N8O3S/c1-9(7-28)24-16(20)14-18(30)27-31-19(14)25-13-5-4-12(6-21-13)17(29)26-15-10(2)22-8-23-11(15)3/h4-6,8-9,28H,7H2,1-3H3,(H2,20,24)(H,21,25)(H,26,29)(H,27,30). The normalized spacial score (nSPS) is 11.6. The zero-order valence-electron chi connectivity index (χ0n) is 17.1. The van der Waals surface area contributed by atoms with Gasteiger partial charge in [0.2, 0.25) is 5.88 Å². The molecule has 0 aromatic carbocycles. The number of nitrogens with zero attached hydrogens (tertiary/aromatic N) is 4. The number of carbonyl (C=O) groups is 1. The smallest absolute Gasteiger partial charge is 0.257 e. The van der Waals surface area contributed by atoms with Gasteiger partial charge in [0, 0.05) is 12.2 Å². The van der Waals surface area contributed by atoms with Gasteiger partial charge in [0.15, 0.2) is 0 Å². The summed E-state index contributed by atoms with van der Waals surface area (Å²) in [5.41, 5.74) is 2.39. The second-order valence-electron chi connectivity index (χ2n) is 6.74. The minimum atomic E-state index is -0.363. The summed E-state index contributed by atoms with van der Waals surface area (Å²) in [5.74, 6) is -0.330. The molecule has 0 saturated heterocycles. The molecule has 6 N–H and O–H groups in total. The zero-order valence-corrected chi connectivity index (χ0v) is 17.9. The number of rotatable bonds is 7. The molecule has 162 valence electrons. The fourth-order valence-corrected chi connectivity index (χ4v) is 3.34. The van der Waals surface area contributed by atoms with Crippen LogP contribution in [0.2, 0.25) is 0 Å². The summed E-state index contributed by atoms with van der Waals surface area (Å²) in [6.45, 7) is 5.10. The molecular weight excluding hydrogens is 420 g/mol. The van der Waals surface area contributed by atoms with Crippen molar-refractivity contribution in [3.8, 4) is 5.88 Å². The molecule has 0 radical (unpaired) electrons. The molecule has 3 rings (SSSR count). The molecule has 0 aliphatic rings. The van der Waals surface area contributed by atoms with Gasteiger partial charge in [0.1, 0.15) is 28.5 Å². The number of aromatic nitrogens is 4. The first kappa shape index (κ1) is 22.1. The molecule has 0 saturated carbocycles. The largest absolute Gasteiger partial charge is 0.492 e. The molecule has 12 heteroatoms. The van der Waals surface area contributed by atoms with Crippen molar-refractivity contribution in [3.05, 3.63) is 47.2 Å². The Morgan fingerprint density at radius 3 is 2.55 bits per heavy atom. The summed E-state index contributed by atoms with van der Waals surface area (Å²) in [6.07, 6.45) is 2.84. The van der Waals surface area contributed by atoms with E-state index in [9.17, 15) is 9.90 Å². The van der Waals surface area contributed by atoms with E-state index in [2.05, 4.69) is 35.3 Å². The lowest BCUT2D eigenvalue weighted by molar-refractivity contribution is 0.102. The third-order valence-electron chi connectivity index (χ3n) is 4.32. The van der Waals surface area contributed by atoms with Gasteiger partial charge >= 0.3 is 0 Å². The van der Waals surface area contributed by atoms with E-state index in [4.69, 9.17) is 10.5 Å². The Bertz CT molecular complexity index is 1080. The van der Waals surface area contributed by atoms with Crippen LogP contribution in [0.1, 0.15) is 34.2 Å².